The molecule has 0 bridgehead atoms. The standard InChI is InChI=1S/C26H24N4O/c1-3-22-25(19-8-5-4-6-9-19)26-28-23(18-11-13-21(31-2)14-12-18)16-24(30(26)29-22)20-10-7-15-27-17-20/h4-15,17,24H,3,16H2,1-2H3/t24-/m0/s1. The molecule has 5 nitrogen and oxygen atoms in total. The van der Waals surface area contributed by atoms with E-state index in [-0.39, 0.29) is 6.04 Å². The van der Waals surface area contributed by atoms with Crippen LogP contribution in [0.5, 0.6) is 5.75 Å². The van der Waals surface area contributed by atoms with Crippen LogP contribution < -0.4 is 4.74 Å². The number of nitrogens with zero attached hydrogens (tertiary/aromatic N) is 4. The van der Waals surface area contributed by atoms with Gasteiger partial charge in [-0.2, -0.15) is 5.10 Å². The number of hydrogen-bond acceptors (Lipinski definition) is 4. The van der Waals surface area contributed by atoms with Gasteiger partial charge in [0.1, 0.15) is 5.75 Å². The highest BCUT2D eigenvalue weighted by molar-refractivity contribution is 6.04. The van der Waals surface area contributed by atoms with Crippen LogP contribution >= 0.6 is 0 Å². The van der Waals surface area contributed by atoms with E-state index < -0.39 is 0 Å². The van der Waals surface area contributed by atoms with E-state index in [1.807, 2.05) is 36.7 Å². The highest BCUT2D eigenvalue weighted by atomic mass is 16.5. The maximum absolute atomic E-state index is 5.34. The number of aromatic nitrogens is 3. The van der Waals surface area contributed by atoms with Crippen molar-refractivity contribution >= 4 is 11.5 Å². The summed E-state index contributed by atoms with van der Waals surface area (Å²) in [5.41, 5.74) is 6.60. The first-order valence-electron chi connectivity index (χ1n) is 10.6. The van der Waals surface area contributed by atoms with Crippen molar-refractivity contribution in [2.45, 2.75) is 25.8 Å². The Morgan fingerprint density at radius 2 is 1.77 bits per heavy atom. The molecule has 5 rings (SSSR count). The van der Waals surface area contributed by atoms with Gasteiger partial charge in [0, 0.05) is 24.4 Å². The summed E-state index contributed by atoms with van der Waals surface area (Å²) in [4.78, 5) is 9.51. The van der Waals surface area contributed by atoms with Crippen LogP contribution in [0, 0.1) is 0 Å². The van der Waals surface area contributed by atoms with Gasteiger partial charge in [-0.05, 0) is 53.4 Å². The van der Waals surface area contributed by atoms with Crippen LogP contribution in [0.2, 0.25) is 0 Å². The van der Waals surface area contributed by atoms with Crippen molar-refractivity contribution in [3.63, 3.8) is 0 Å². The number of aryl methyl sites for hydroxylation is 1. The van der Waals surface area contributed by atoms with Gasteiger partial charge in [0.25, 0.3) is 0 Å². The Hall–Kier alpha value is -3.73. The van der Waals surface area contributed by atoms with Crippen LogP contribution in [-0.2, 0) is 6.42 Å². The zero-order valence-corrected chi connectivity index (χ0v) is 17.7. The summed E-state index contributed by atoms with van der Waals surface area (Å²) in [6, 6.07) is 22.7. The Bertz CT molecular complexity index is 1210. The first-order chi connectivity index (χ1) is 15.3. The summed E-state index contributed by atoms with van der Waals surface area (Å²) in [5, 5.41) is 5.02. The molecule has 0 saturated carbocycles. The number of ether oxygens (including phenoxy) is 1. The molecule has 0 radical (unpaired) electrons. The van der Waals surface area contributed by atoms with Crippen molar-refractivity contribution in [3.05, 3.63) is 95.9 Å². The topological polar surface area (TPSA) is 52.3 Å². The van der Waals surface area contributed by atoms with Crippen LogP contribution in [-0.4, -0.2) is 27.6 Å². The molecule has 1 aliphatic rings. The lowest BCUT2D eigenvalue weighted by Gasteiger charge is -2.25. The lowest BCUT2D eigenvalue weighted by molar-refractivity contribution is 0.415. The third kappa shape index (κ3) is 3.52. The largest absolute Gasteiger partial charge is 0.497 e. The van der Waals surface area contributed by atoms with Crippen LogP contribution in [0.25, 0.3) is 11.1 Å². The Labute approximate surface area is 182 Å². The van der Waals surface area contributed by atoms with Crippen molar-refractivity contribution in [2.75, 3.05) is 7.11 Å². The fraction of sp³-hybridized carbons (Fsp3) is 0.192. The normalized spacial score (nSPS) is 15.3. The van der Waals surface area contributed by atoms with Crippen molar-refractivity contribution < 1.29 is 4.74 Å². The SMILES string of the molecule is CCc1nn2c(c1-c1ccccc1)N=C(c1ccc(OC)cc1)C[C@H]2c1cccnc1. The second-order valence-electron chi connectivity index (χ2n) is 7.60. The summed E-state index contributed by atoms with van der Waals surface area (Å²) in [7, 11) is 1.68. The molecule has 2 aromatic carbocycles. The Morgan fingerprint density at radius 3 is 2.45 bits per heavy atom. The minimum absolute atomic E-state index is 0.0427. The molecule has 31 heavy (non-hydrogen) atoms. The molecule has 154 valence electrons. The molecular weight excluding hydrogens is 384 g/mol. The molecule has 0 N–H and O–H groups in total. The van der Waals surface area contributed by atoms with Crippen LogP contribution in [0.15, 0.2) is 84.1 Å². The zero-order valence-electron chi connectivity index (χ0n) is 17.7. The van der Waals surface area contributed by atoms with Gasteiger partial charge in [0.05, 0.1) is 24.6 Å². The van der Waals surface area contributed by atoms with Crippen molar-refractivity contribution in [1.29, 1.82) is 0 Å². The maximum Gasteiger partial charge on any atom is 0.159 e. The van der Waals surface area contributed by atoms with Gasteiger partial charge in [-0.25, -0.2) is 9.67 Å². The van der Waals surface area contributed by atoms with E-state index in [0.29, 0.717) is 0 Å². The lowest BCUT2D eigenvalue weighted by atomic mass is 9.96. The first kappa shape index (κ1) is 19.2. The molecule has 1 atom stereocenters. The van der Waals surface area contributed by atoms with E-state index in [0.717, 1.165) is 58.1 Å². The molecular formula is C26H24N4O. The van der Waals surface area contributed by atoms with E-state index in [2.05, 4.69) is 59.1 Å². The van der Waals surface area contributed by atoms with E-state index >= 15 is 0 Å². The Kier molecular flexibility index (Phi) is 5.08. The number of benzene rings is 2. The summed E-state index contributed by atoms with van der Waals surface area (Å²) in [6.45, 7) is 2.15. The van der Waals surface area contributed by atoms with Gasteiger partial charge in [-0.1, -0.05) is 43.3 Å². The molecule has 0 unspecified atom stereocenters. The number of hydrogen-bond donors (Lipinski definition) is 0. The van der Waals surface area contributed by atoms with Crippen molar-refractivity contribution in [3.8, 4) is 16.9 Å². The molecule has 0 aliphatic carbocycles. The first-order valence-corrected chi connectivity index (χ1v) is 10.6. The average molecular weight is 409 g/mol. The smallest absolute Gasteiger partial charge is 0.159 e. The van der Waals surface area contributed by atoms with Crippen LogP contribution in [0.1, 0.15) is 36.2 Å². The van der Waals surface area contributed by atoms with E-state index in [4.69, 9.17) is 14.8 Å². The second kappa shape index (κ2) is 8.19. The highest BCUT2D eigenvalue weighted by Crippen LogP contribution is 2.42. The predicted molar refractivity (Wildman–Crippen MR) is 123 cm³/mol. The van der Waals surface area contributed by atoms with Crippen molar-refractivity contribution in [1.82, 2.24) is 14.8 Å². The second-order valence-corrected chi connectivity index (χ2v) is 7.60. The maximum atomic E-state index is 5.34. The minimum Gasteiger partial charge on any atom is -0.497 e. The summed E-state index contributed by atoms with van der Waals surface area (Å²) in [5.74, 6) is 1.75. The van der Waals surface area contributed by atoms with E-state index in [9.17, 15) is 0 Å². The Morgan fingerprint density at radius 1 is 0.968 bits per heavy atom. The number of aliphatic imine (C=N–C) groups is 1. The molecule has 0 saturated heterocycles. The summed E-state index contributed by atoms with van der Waals surface area (Å²) >= 11 is 0. The van der Waals surface area contributed by atoms with Gasteiger partial charge >= 0.3 is 0 Å². The summed E-state index contributed by atoms with van der Waals surface area (Å²) < 4.78 is 7.42. The molecule has 5 heteroatoms. The number of fused-ring (bicyclic) bond motifs is 1. The summed E-state index contributed by atoms with van der Waals surface area (Å²) in [6.07, 6.45) is 5.34. The lowest BCUT2D eigenvalue weighted by Crippen LogP contribution is -2.21. The molecule has 0 spiro atoms. The van der Waals surface area contributed by atoms with Gasteiger partial charge in [0.15, 0.2) is 5.82 Å². The average Bonchev–Trinajstić information content (AvgIpc) is 3.23. The Balaban J connectivity index is 1.71. The third-order valence-electron chi connectivity index (χ3n) is 5.77. The highest BCUT2D eigenvalue weighted by Gasteiger charge is 2.30. The zero-order chi connectivity index (χ0) is 21.2. The molecule has 2 aromatic heterocycles. The molecule has 0 fully saturated rings. The monoisotopic (exact) mass is 408 g/mol. The van der Waals surface area contributed by atoms with Crippen molar-refractivity contribution in [2.24, 2.45) is 4.99 Å². The third-order valence-corrected chi connectivity index (χ3v) is 5.77. The molecule has 1 aliphatic heterocycles. The predicted octanol–water partition coefficient (Wildman–Crippen LogP) is 5.63. The van der Waals surface area contributed by atoms with E-state index in [1.165, 1.54) is 0 Å². The van der Waals surface area contributed by atoms with Gasteiger partial charge in [-0.3, -0.25) is 4.98 Å². The van der Waals surface area contributed by atoms with Crippen LogP contribution in [0.3, 0.4) is 0 Å². The quantitative estimate of drug-likeness (QED) is 0.430. The van der Waals surface area contributed by atoms with Gasteiger partial charge in [0.2, 0.25) is 0 Å². The molecule has 3 heterocycles. The van der Waals surface area contributed by atoms with Crippen LogP contribution in [0.4, 0.5) is 5.82 Å². The number of rotatable bonds is 5. The minimum atomic E-state index is 0.0427. The van der Waals surface area contributed by atoms with Gasteiger partial charge in [-0.15, -0.1) is 0 Å². The van der Waals surface area contributed by atoms with Gasteiger partial charge < -0.3 is 4.74 Å². The van der Waals surface area contributed by atoms with E-state index in [1.54, 1.807) is 7.11 Å². The fourth-order valence-electron chi connectivity index (χ4n) is 4.18. The number of pyridine rings is 1. The fourth-order valence-corrected chi connectivity index (χ4v) is 4.18. The molecule has 0 amide bonds. The molecule has 4 aromatic rings. The number of methoxy groups -OCH3 is 1.